The second-order valence-electron chi connectivity index (χ2n) is 8.05. The van der Waals surface area contributed by atoms with Gasteiger partial charge in [0.1, 0.15) is 12.6 Å². The van der Waals surface area contributed by atoms with Crippen molar-refractivity contribution in [2.24, 2.45) is 5.73 Å². The van der Waals surface area contributed by atoms with Gasteiger partial charge in [0.15, 0.2) is 0 Å². The average Bonchev–Trinajstić information content (AvgIpc) is 3.17. The monoisotopic (exact) mass is 428 g/mol. The predicted octanol–water partition coefficient (Wildman–Crippen LogP) is 4.16. The number of unbranched alkanes of at least 4 members (excludes halogenated alkanes) is 1. The van der Waals surface area contributed by atoms with Crippen LogP contribution in [0.5, 0.6) is 0 Å². The molecule has 3 aromatic carbocycles. The Morgan fingerprint density at radius 3 is 2.06 bits per heavy atom. The largest absolute Gasteiger partial charge is 0.459 e. The van der Waals surface area contributed by atoms with Crippen LogP contribution in [0.2, 0.25) is 0 Å². The van der Waals surface area contributed by atoms with Crippen LogP contribution in [-0.4, -0.2) is 24.5 Å². The molecule has 0 spiro atoms. The van der Waals surface area contributed by atoms with Crippen molar-refractivity contribution in [2.75, 3.05) is 6.54 Å². The van der Waals surface area contributed by atoms with Crippen molar-refractivity contribution < 1.29 is 14.3 Å². The highest BCUT2D eigenvalue weighted by Gasteiger charge is 2.35. The van der Waals surface area contributed by atoms with Crippen molar-refractivity contribution in [3.8, 4) is 11.1 Å². The summed E-state index contributed by atoms with van der Waals surface area (Å²) in [5, 5.41) is 2.98. The van der Waals surface area contributed by atoms with E-state index in [0.717, 1.165) is 40.7 Å². The van der Waals surface area contributed by atoms with Gasteiger partial charge in [-0.1, -0.05) is 78.9 Å². The molecule has 1 atom stereocenters. The molecule has 32 heavy (non-hydrogen) atoms. The van der Waals surface area contributed by atoms with Crippen LogP contribution in [0.4, 0.5) is 0 Å². The summed E-state index contributed by atoms with van der Waals surface area (Å²) in [6, 6.07) is 24.7. The Morgan fingerprint density at radius 2 is 1.44 bits per heavy atom. The zero-order valence-corrected chi connectivity index (χ0v) is 18.0. The third kappa shape index (κ3) is 4.73. The molecule has 3 N–H and O–H groups in total. The lowest BCUT2D eigenvalue weighted by Crippen LogP contribution is -2.44. The SMILES string of the molecule is NCCCC[C@H](NC(=O)C1c2ccccc2-c2ccccc21)C(=O)OCc1ccccc1. The third-order valence-electron chi connectivity index (χ3n) is 5.87. The van der Waals surface area contributed by atoms with E-state index in [1.807, 2.05) is 78.9 Å². The number of carbonyl (C=O) groups excluding carboxylic acids is 2. The van der Waals surface area contributed by atoms with Gasteiger partial charge in [-0.15, -0.1) is 0 Å². The molecule has 164 valence electrons. The Labute approximate surface area is 188 Å². The number of amides is 1. The van der Waals surface area contributed by atoms with Crippen molar-refractivity contribution in [1.82, 2.24) is 5.32 Å². The summed E-state index contributed by atoms with van der Waals surface area (Å²) in [4.78, 5) is 26.3. The molecule has 0 saturated heterocycles. The van der Waals surface area contributed by atoms with E-state index < -0.39 is 17.9 Å². The fraction of sp³-hybridized carbons (Fsp3) is 0.259. The molecule has 1 aliphatic carbocycles. The molecule has 5 heteroatoms. The van der Waals surface area contributed by atoms with Crippen LogP contribution in [0, 0.1) is 0 Å². The fourth-order valence-corrected chi connectivity index (χ4v) is 4.26. The molecular weight excluding hydrogens is 400 g/mol. The van der Waals surface area contributed by atoms with Gasteiger partial charge in [0, 0.05) is 0 Å². The third-order valence-corrected chi connectivity index (χ3v) is 5.87. The molecule has 3 aromatic rings. The smallest absolute Gasteiger partial charge is 0.328 e. The molecule has 0 aromatic heterocycles. The van der Waals surface area contributed by atoms with Crippen molar-refractivity contribution in [2.45, 2.75) is 37.8 Å². The van der Waals surface area contributed by atoms with Crippen LogP contribution in [0.25, 0.3) is 11.1 Å². The molecule has 0 fully saturated rings. The molecule has 0 unspecified atom stereocenters. The van der Waals surface area contributed by atoms with E-state index in [1.54, 1.807) is 0 Å². The first-order valence-corrected chi connectivity index (χ1v) is 11.1. The number of benzene rings is 3. The summed E-state index contributed by atoms with van der Waals surface area (Å²) in [7, 11) is 0. The molecular formula is C27H28N2O3. The lowest BCUT2D eigenvalue weighted by molar-refractivity contribution is -0.149. The van der Waals surface area contributed by atoms with Gasteiger partial charge < -0.3 is 15.8 Å². The quantitative estimate of drug-likeness (QED) is 0.396. The Kier molecular flexibility index (Phi) is 6.97. The van der Waals surface area contributed by atoms with Crippen LogP contribution >= 0.6 is 0 Å². The van der Waals surface area contributed by atoms with E-state index in [-0.39, 0.29) is 12.5 Å². The van der Waals surface area contributed by atoms with Gasteiger partial charge in [-0.25, -0.2) is 4.79 Å². The fourth-order valence-electron chi connectivity index (χ4n) is 4.26. The number of fused-ring (bicyclic) bond motifs is 3. The van der Waals surface area contributed by atoms with E-state index in [2.05, 4.69) is 5.32 Å². The lowest BCUT2D eigenvalue weighted by atomic mass is 9.95. The van der Waals surface area contributed by atoms with Gasteiger partial charge in [-0.2, -0.15) is 0 Å². The number of carbonyl (C=O) groups is 2. The van der Waals surface area contributed by atoms with Gasteiger partial charge in [-0.3, -0.25) is 4.79 Å². The molecule has 0 heterocycles. The number of ether oxygens (including phenoxy) is 1. The molecule has 1 amide bonds. The number of hydrogen-bond acceptors (Lipinski definition) is 4. The molecule has 1 aliphatic rings. The van der Waals surface area contributed by atoms with Crippen molar-refractivity contribution >= 4 is 11.9 Å². The Bertz CT molecular complexity index is 1040. The predicted molar refractivity (Wildman–Crippen MR) is 125 cm³/mol. The summed E-state index contributed by atoms with van der Waals surface area (Å²) in [5.41, 5.74) is 10.6. The second kappa shape index (κ2) is 10.2. The zero-order chi connectivity index (χ0) is 22.3. The van der Waals surface area contributed by atoms with Crippen LogP contribution < -0.4 is 11.1 Å². The first-order chi connectivity index (χ1) is 15.7. The van der Waals surface area contributed by atoms with E-state index in [9.17, 15) is 9.59 Å². The summed E-state index contributed by atoms with van der Waals surface area (Å²) in [6.07, 6.45) is 2.01. The van der Waals surface area contributed by atoms with E-state index in [1.165, 1.54) is 0 Å². The molecule has 0 radical (unpaired) electrons. The molecule has 0 bridgehead atoms. The number of hydrogen-bond donors (Lipinski definition) is 2. The maximum absolute atomic E-state index is 13.4. The average molecular weight is 429 g/mol. The van der Waals surface area contributed by atoms with Gasteiger partial charge in [-0.05, 0) is 53.6 Å². The molecule has 5 nitrogen and oxygen atoms in total. The van der Waals surface area contributed by atoms with Gasteiger partial charge >= 0.3 is 5.97 Å². The minimum Gasteiger partial charge on any atom is -0.459 e. The maximum atomic E-state index is 13.4. The van der Waals surface area contributed by atoms with Crippen LogP contribution in [0.3, 0.4) is 0 Å². The standard InChI is InChI=1S/C27H28N2O3/c28-17-9-8-16-24(27(31)32-18-19-10-2-1-3-11-19)29-26(30)25-22-14-6-4-12-20(22)21-13-5-7-15-23(21)25/h1-7,10-15,24-25H,8-9,16-18,28H2,(H,29,30)/t24-/m0/s1. The Morgan fingerprint density at radius 1 is 0.844 bits per heavy atom. The lowest BCUT2D eigenvalue weighted by Gasteiger charge is -2.21. The minimum atomic E-state index is -0.710. The van der Waals surface area contributed by atoms with E-state index in [0.29, 0.717) is 13.0 Å². The normalized spacial score (nSPS) is 13.2. The van der Waals surface area contributed by atoms with Crippen molar-refractivity contribution in [3.05, 3.63) is 95.6 Å². The van der Waals surface area contributed by atoms with Crippen LogP contribution in [-0.2, 0) is 20.9 Å². The second-order valence-corrected chi connectivity index (χ2v) is 8.05. The van der Waals surface area contributed by atoms with Crippen LogP contribution in [0.15, 0.2) is 78.9 Å². The summed E-state index contributed by atoms with van der Waals surface area (Å²) >= 11 is 0. The number of esters is 1. The highest BCUT2D eigenvalue weighted by molar-refractivity contribution is 5.97. The Hall–Kier alpha value is -3.44. The number of nitrogens with one attached hydrogen (secondary N) is 1. The van der Waals surface area contributed by atoms with Gasteiger partial charge in [0.05, 0.1) is 5.92 Å². The summed E-state index contributed by atoms with van der Waals surface area (Å²) in [5.74, 6) is -1.04. The molecule has 0 saturated carbocycles. The van der Waals surface area contributed by atoms with Gasteiger partial charge in [0.2, 0.25) is 5.91 Å². The van der Waals surface area contributed by atoms with Crippen molar-refractivity contribution in [1.29, 1.82) is 0 Å². The summed E-state index contributed by atoms with van der Waals surface area (Å²) in [6.45, 7) is 0.723. The maximum Gasteiger partial charge on any atom is 0.328 e. The topological polar surface area (TPSA) is 81.4 Å². The van der Waals surface area contributed by atoms with E-state index in [4.69, 9.17) is 10.5 Å². The highest BCUT2D eigenvalue weighted by atomic mass is 16.5. The highest BCUT2D eigenvalue weighted by Crippen LogP contribution is 2.44. The van der Waals surface area contributed by atoms with Crippen LogP contribution in [0.1, 0.15) is 41.9 Å². The van der Waals surface area contributed by atoms with E-state index >= 15 is 0 Å². The van der Waals surface area contributed by atoms with Crippen molar-refractivity contribution in [3.63, 3.8) is 0 Å². The molecule has 4 rings (SSSR count). The Balaban J connectivity index is 1.51. The first-order valence-electron chi connectivity index (χ1n) is 11.1. The molecule has 0 aliphatic heterocycles. The zero-order valence-electron chi connectivity index (χ0n) is 18.0. The number of nitrogens with two attached hydrogens (primary N) is 1. The summed E-state index contributed by atoms with van der Waals surface area (Å²) < 4.78 is 5.54. The number of rotatable bonds is 9. The first kappa shape index (κ1) is 21.8. The minimum absolute atomic E-state index is 0.179. The van der Waals surface area contributed by atoms with Gasteiger partial charge in [0.25, 0.3) is 0 Å².